The number of fused-ring (bicyclic) bond motifs is 1. The lowest BCUT2D eigenvalue weighted by molar-refractivity contribution is -0.128. The maximum absolute atomic E-state index is 12.0. The Hall–Kier alpha value is -1.34. The van der Waals surface area contributed by atoms with Crippen molar-refractivity contribution in [2.45, 2.75) is 6.42 Å². The average Bonchev–Trinajstić information content (AvgIpc) is 2.82. The van der Waals surface area contributed by atoms with Crippen molar-refractivity contribution < 1.29 is 14.0 Å². The molecule has 5 nitrogen and oxygen atoms in total. The molecule has 0 fully saturated rings. The summed E-state index contributed by atoms with van der Waals surface area (Å²) in [5.74, 6) is -0.145. The number of furan rings is 1. The van der Waals surface area contributed by atoms with E-state index < -0.39 is 0 Å². The number of benzene rings is 1. The number of amides is 2. The third kappa shape index (κ3) is 3.85. The third-order valence-electron chi connectivity index (χ3n) is 2.88. The van der Waals surface area contributed by atoms with Gasteiger partial charge in [-0.2, -0.15) is 0 Å². The maximum atomic E-state index is 12.0. The van der Waals surface area contributed by atoms with Crippen molar-refractivity contribution in [1.82, 2.24) is 10.2 Å². The molecule has 0 aliphatic heterocycles. The van der Waals surface area contributed by atoms with Gasteiger partial charge in [0.15, 0.2) is 5.76 Å². The van der Waals surface area contributed by atoms with Crippen LogP contribution in [0.1, 0.15) is 17.0 Å². The van der Waals surface area contributed by atoms with E-state index in [9.17, 15) is 9.59 Å². The number of rotatable bonds is 4. The molecule has 2 rings (SSSR count). The Morgan fingerprint density at radius 3 is 2.62 bits per heavy atom. The Bertz CT molecular complexity index is 695. The second-order valence-electron chi connectivity index (χ2n) is 4.71. The Balaban J connectivity index is 2.06. The Kier molecular flexibility index (Phi) is 5.05. The van der Waals surface area contributed by atoms with E-state index >= 15 is 0 Å². The van der Waals surface area contributed by atoms with Crippen LogP contribution in [0, 0.1) is 0 Å². The van der Waals surface area contributed by atoms with Crippen LogP contribution in [0.15, 0.2) is 31.6 Å². The van der Waals surface area contributed by atoms with E-state index in [-0.39, 0.29) is 30.5 Å². The van der Waals surface area contributed by atoms with Crippen LogP contribution in [0.25, 0.3) is 11.0 Å². The minimum Gasteiger partial charge on any atom is -0.450 e. The van der Waals surface area contributed by atoms with Crippen molar-refractivity contribution in [2.24, 2.45) is 0 Å². The highest BCUT2D eigenvalue weighted by Crippen LogP contribution is 2.30. The number of carbonyl (C=O) groups is 2. The van der Waals surface area contributed by atoms with Gasteiger partial charge in [-0.3, -0.25) is 9.59 Å². The molecule has 2 amide bonds. The minimum atomic E-state index is -0.333. The lowest BCUT2D eigenvalue weighted by Crippen LogP contribution is -2.29. The van der Waals surface area contributed by atoms with Crippen molar-refractivity contribution in [3.8, 4) is 0 Å². The van der Waals surface area contributed by atoms with Crippen LogP contribution in [0.2, 0.25) is 0 Å². The van der Waals surface area contributed by atoms with Crippen LogP contribution >= 0.6 is 31.9 Å². The van der Waals surface area contributed by atoms with Crippen LogP contribution in [-0.4, -0.2) is 37.4 Å². The van der Waals surface area contributed by atoms with Gasteiger partial charge in [-0.15, -0.1) is 0 Å². The molecule has 0 radical (unpaired) electrons. The molecule has 0 unspecified atom stereocenters. The van der Waals surface area contributed by atoms with Gasteiger partial charge in [-0.1, -0.05) is 15.9 Å². The Morgan fingerprint density at radius 1 is 1.24 bits per heavy atom. The molecule has 1 N–H and O–H groups in total. The average molecular weight is 418 g/mol. The van der Waals surface area contributed by atoms with E-state index in [1.54, 1.807) is 20.2 Å². The lowest BCUT2D eigenvalue weighted by Gasteiger charge is -2.09. The smallest absolute Gasteiger partial charge is 0.287 e. The zero-order chi connectivity index (χ0) is 15.6. The highest BCUT2D eigenvalue weighted by atomic mass is 79.9. The van der Waals surface area contributed by atoms with Crippen molar-refractivity contribution >= 4 is 54.6 Å². The molecule has 0 saturated carbocycles. The van der Waals surface area contributed by atoms with Gasteiger partial charge in [0.1, 0.15) is 5.58 Å². The molecular formula is C14H14Br2N2O3. The fourth-order valence-corrected chi connectivity index (χ4v) is 3.12. The van der Waals surface area contributed by atoms with Crippen LogP contribution in [0.3, 0.4) is 0 Å². The molecular weight excluding hydrogens is 404 g/mol. The standard InChI is InChI=1S/C14H14Br2N2O3/c1-18(2)12(19)3-4-17-14(20)11-6-8-5-9(15)7-10(16)13(8)21-11/h5-7H,3-4H2,1-2H3,(H,17,20). The summed E-state index contributed by atoms with van der Waals surface area (Å²) in [4.78, 5) is 24.9. The van der Waals surface area contributed by atoms with Gasteiger partial charge in [0.25, 0.3) is 5.91 Å². The first kappa shape index (κ1) is 16.0. The van der Waals surface area contributed by atoms with E-state index in [1.807, 2.05) is 12.1 Å². The Morgan fingerprint density at radius 2 is 1.95 bits per heavy atom. The van der Waals surface area contributed by atoms with Crippen LogP contribution < -0.4 is 5.32 Å². The van der Waals surface area contributed by atoms with Gasteiger partial charge in [0.2, 0.25) is 5.91 Å². The number of carbonyl (C=O) groups excluding carboxylic acids is 2. The monoisotopic (exact) mass is 416 g/mol. The summed E-state index contributed by atoms with van der Waals surface area (Å²) in [5, 5.41) is 3.50. The quantitative estimate of drug-likeness (QED) is 0.830. The van der Waals surface area contributed by atoms with Gasteiger partial charge in [-0.25, -0.2) is 0 Å². The molecule has 0 saturated heterocycles. The summed E-state index contributed by atoms with van der Waals surface area (Å²) in [6, 6.07) is 5.40. The molecule has 1 aromatic carbocycles. The first-order valence-corrected chi connectivity index (χ1v) is 7.84. The second kappa shape index (κ2) is 6.62. The number of halogens is 2. The van der Waals surface area contributed by atoms with Gasteiger partial charge in [-0.05, 0) is 34.1 Å². The highest BCUT2D eigenvalue weighted by Gasteiger charge is 2.14. The van der Waals surface area contributed by atoms with E-state index in [1.165, 1.54) is 4.90 Å². The van der Waals surface area contributed by atoms with Crippen LogP contribution in [0.5, 0.6) is 0 Å². The number of nitrogens with one attached hydrogen (secondary N) is 1. The van der Waals surface area contributed by atoms with Gasteiger partial charge >= 0.3 is 0 Å². The second-order valence-corrected chi connectivity index (χ2v) is 6.48. The predicted octanol–water partition coefficient (Wildman–Crippen LogP) is 3.17. The molecule has 0 atom stereocenters. The largest absolute Gasteiger partial charge is 0.450 e. The number of nitrogens with zero attached hydrogens (tertiary/aromatic N) is 1. The topological polar surface area (TPSA) is 62.6 Å². The van der Waals surface area contributed by atoms with Crippen molar-refractivity contribution in [3.63, 3.8) is 0 Å². The molecule has 21 heavy (non-hydrogen) atoms. The first-order chi connectivity index (χ1) is 9.88. The summed E-state index contributed by atoms with van der Waals surface area (Å²) in [6.45, 7) is 0.276. The summed E-state index contributed by atoms with van der Waals surface area (Å²) >= 11 is 6.78. The minimum absolute atomic E-state index is 0.0356. The highest BCUT2D eigenvalue weighted by molar-refractivity contribution is 9.11. The fourth-order valence-electron chi connectivity index (χ4n) is 1.78. The van der Waals surface area contributed by atoms with Crippen molar-refractivity contribution in [3.05, 3.63) is 32.9 Å². The molecule has 1 aromatic heterocycles. The third-order valence-corrected chi connectivity index (χ3v) is 3.93. The van der Waals surface area contributed by atoms with Gasteiger partial charge < -0.3 is 14.6 Å². The Labute approximate surface area is 138 Å². The first-order valence-electron chi connectivity index (χ1n) is 6.25. The summed E-state index contributed by atoms with van der Waals surface area (Å²) in [7, 11) is 3.36. The normalized spacial score (nSPS) is 10.7. The van der Waals surface area contributed by atoms with E-state index in [0.29, 0.717) is 5.58 Å². The molecule has 2 aromatic rings. The summed E-state index contributed by atoms with van der Waals surface area (Å²) < 4.78 is 7.21. The maximum Gasteiger partial charge on any atom is 0.287 e. The van der Waals surface area contributed by atoms with Gasteiger partial charge in [0.05, 0.1) is 4.47 Å². The van der Waals surface area contributed by atoms with Crippen molar-refractivity contribution in [2.75, 3.05) is 20.6 Å². The van der Waals surface area contributed by atoms with Crippen molar-refractivity contribution in [1.29, 1.82) is 0 Å². The molecule has 0 aliphatic carbocycles. The summed E-state index contributed by atoms with van der Waals surface area (Å²) in [6.07, 6.45) is 0.258. The molecule has 7 heteroatoms. The zero-order valence-corrected chi connectivity index (χ0v) is 14.7. The van der Waals surface area contributed by atoms with Crippen LogP contribution in [-0.2, 0) is 4.79 Å². The lowest BCUT2D eigenvalue weighted by atomic mass is 10.2. The molecule has 1 heterocycles. The molecule has 0 spiro atoms. The zero-order valence-electron chi connectivity index (χ0n) is 11.6. The number of hydrogen-bond donors (Lipinski definition) is 1. The van der Waals surface area contributed by atoms with Gasteiger partial charge in [0, 0.05) is 36.9 Å². The van der Waals surface area contributed by atoms with E-state index in [2.05, 4.69) is 37.2 Å². The predicted molar refractivity (Wildman–Crippen MR) is 87.3 cm³/mol. The molecule has 0 aliphatic rings. The van der Waals surface area contributed by atoms with E-state index in [4.69, 9.17) is 4.42 Å². The SMILES string of the molecule is CN(C)C(=O)CCNC(=O)c1cc2cc(Br)cc(Br)c2o1. The summed E-state index contributed by atoms with van der Waals surface area (Å²) in [5.41, 5.74) is 0.618. The molecule has 112 valence electrons. The van der Waals surface area contributed by atoms with Crippen LogP contribution in [0.4, 0.5) is 0 Å². The molecule has 0 bridgehead atoms. The fraction of sp³-hybridized carbons (Fsp3) is 0.286. The number of hydrogen-bond acceptors (Lipinski definition) is 3. The van der Waals surface area contributed by atoms with E-state index in [0.717, 1.165) is 14.3 Å².